The Labute approximate surface area is 207 Å². The molecule has 0 fully saturated rings. The molecule has 0 aromatic heterocycles. The lowest BCUT2D eigenvalue weighted by Crippen LogP contribution is -2.49. The van der Waals surface area contributed by atoms with Crippen LogP contribution in [0.5, 0.6) is 5.75 Å². The first-order valence-corrected chi connectivity index (χ1v) is 11.9. The molecular formula is C30H33NO4. The van der Waals surface area contributed by atoms with Crippen LogP contribution in [-0.2, 0) is 32.6 Å². The smallest absolute Gasteiger partial charge is 0.330 e. The van der Waals surface area contributed by atoms with Crippen molar-refractivity contribution in [2.24, 2.45) is 0 Å². The first-order valence-electron chi connectivity index (χ1n) is 11.9. The van der Waals surface area contributed by atoms with E-state index in [0.29, 0.717) is 6.61 Å². The molecule has 0 aliphatic carbocycles. The van der Waals surface area contributed by atoms with E-state index < -0.39 is 0 Å². The molecule has 5 heteroatoms. The molecule has 1 unspecified atom stereocenters. The summed E-state index contributed by atoms with van der Waals surface area (Å²) in [5.41, 5.74) is 6.77. The van der Waals surface area contributed by atoms with E-state index >= 15 is 0 Å². The molecule has 1 heterocycles. The highest BCUT2D eigenvalue weighted by Gasteiger charge is 2.40. The van der Waals surface area contributed by atoms with Crippen molar-refractivity contribution in [1.29, 1.82) is 0 Å². The number of rotatable bonds is 8. The maximum Gasteiger partial charge on any atom is 0.330 e. The Hall–Kier alpha value is -3.57. The number of fused-ring (bicyclic) bond motifs is 1. The zero-order chi connectivity index (χ0) is 24.8. The minimum absolute atomic E-state index is 0.365. The van der Waals surface area contributed by atoms with Gasteiger partial charge in [-0.05, 0) is 77.9 Å². The Morgan fingerprint density at radius 1 is 1.00 bits per heavy atom. The molecule has 35 heavy (non-hydrogen) atoms. The number of hydrogen-bond acceptors (Lipinski definition) is 5. The van der Waals surface area contributed by atoms with Crippen LogP contribution in [0.1, 0.15) is 34.7 Å². The zero-order valence-corrected chi connectivity index (χ0v) is 20.9. The molecule has 0 saturated heterocycles. The number of esters is 1. The van der Waals surface area contributed by atoms with E-state index in [1.807, 2.05) is 18.2 Å². The predicted molar refractivity (Wildman–Crippen MR) is 140 cm³/mol. The minimum atomic E-state index is -0.376. The average Bonchev–Trinajstić information content (AvgIpc) is 2.91. The molecule has 0 N–H and O–H groups in total. The van der Waals surface area contributed by atoms with Gasteiger partial charge in [0, 0.05) is 25.4 Å². The van der Waals surface area contributed by atoms with E-state index in [1.54, 1.807) is 20.3 Å². The summed E-state index contributed by atoms with van der Waals surface area (Å²) in [6.45, 7) is 3.89. The van der Waals surface area contributed by atoms with E-state index in [-0.39, 0.29) is 11.5 Å². The summed E-state index contributed by atoms with van der Waals surface area (Å²) in [5, 5.41) is 0. The monoisotopic (exact) mass is 471 g/mol. The second-order valence-corrected chi connectivity index (χ2v) is 8.88. The number of anilines is 1. The van der Waals surface area contributed by atoms with Crippen molar-refractivity contribution >= 4 is 17.7 Å². The Bertz CT molecular complexity index is 1180. The normalized spacial score (nSPS) is 17.3. The van der Waals surface area contributed by atoms with Gasteiger partial charge in [-0.15, -0.1) is 0 Å². The summed E-state index contributed by atoms with van der Waals surface area (Å²) in [7, 11) is 4.82. The molecule has 182 valence electrons. The number of hydrogen-bond donors (Lipinski definition) is 0. The predicted octanol–water partition coefficient (Wildman–Crippen LogP) is 5.40. The zero-order valence-electron chi connectivity index (χ0n) is 20.9. The summed E-state index contributed by atoms with van der Waals surface area (Å²) in [4.78, 5) is 14.0. The summed E-state index contributed by atoms with van der Waals surface area (Å²) in [5.74, 6) is 0.515. The molecule has 1 aliphatic heterocycles. The van der Waals surface area contributed by atoms with Gasteiger partial charge in [0.1, 0.15) is 5.75 Å². The molecule has 1 atom stereocenters. The Balaban J connectivity index is 1.75. The van der Waals surface area contributed by atoms with E-state index in [1.165, 1.54) is 41.1 Å². The fourth-order valence-electron chi connectivity index (χ4n) is 4.89. The van der Waals surface area contributed by atoms with Crippen LogP contribution in [0.3, 0.4) is 0 Å². The van der Waals surface area contributed by atoms with Crippen molar-refractivity contribution in [3.63, 3.8) is 0 Å². The Kier molecular flexibility index (Phi) is 7.57. The SMILES string of the molecule is COCCc1ccc(N2CCc3cc(OC)ccc3C2(C)c2ccc(/C=C/C(=O)OC)cc2)cc1. The van der Waals surface area contributed by atoms with Crippen LogP contribution in [0.2, 0.25) is 0 Å². The quantitative estimate of drug-likeness (QED) is 0.325. The van der Waals surface area contributed by atoms with Crippen LogP contribution in [0, 0.1) is 0 Å². The highest BCUT2D eigenvalue weighted by molar-refractivity contribution is 5.86. The van der Waals surface area contributed by atoms with Gasteiger partial charge in [-0.1, -0.05) is 42.5 Å². The van der Waals surface area contributed by atoms with Gasteiger partial charge in [0.15, 0.2) is 0 Å². The second kappa shape index (κ2) is 10.8. The van der Waals surface area contributed by atoms with Gasteiger partial charge < -0.3 is 19.1 Å². The summed E-state index contributed by atoms with van der Waals surface area (Å²) >= 11 is 0. The average molecular weight is 472 g/mol. The van der Waals surface area contributed by atoms with E-state index in [4.69, 9.17) is 14.2 Å². The van der Waals surface area contributed by atoms with Crippen molar-refractivity contribution in [3.8, 4) is 5.75 Å². The van der Waals surface area contributed by atoms with Gasteiger partial charge in [0.2, 0.25) is 0 Å². The first-order chi connectivity index (χ1) is 17.0. The molecule has 1 aliphatic rings. The third-order valence-corrected chi connectivity index (χ3v) is 6.91. The maximum atomic E-state index is 11.5. The largest absolute Gasteiger partial charge is 0.497 e. The van der Waals surface area contributed by atoms with E-state index in [9.17, 15) is 4.79 Å². The van der Waals surface area contributed by atoms with Crippen molar-refractivity contribution in [3.05, 3.63) is 101 Å². The van der Waals surface area contributed by atoms with Crippen LogP contribution in [0.15, 0.2) is 72.8 Å². The standard InChI is InChI=1S/C30H33NO4/c1-30(25-10-5-22(6-11-25)9-16-29(32)35-4)28-15-14-27(34-3)21-24(28)17-19-31(30)26-12-7-23(8-13-26)18-20-33-2/h5-16,21H,17-20H2,1-4H3/b16-9+. The van der Waals surface area contributed by atoms with Gasteiger partial charge >= 0.3 is 5.97 Å². The molecule has 0 bridgehead atoms. The summed E-state index contributed by atoms with van der Waals surface area (Å²) in [6, 6.07) is 23.6. The van der Waals surface area contributed by atoms with Crippen LogP contribution in [0.25, 0.3) is 6.08 Å². The second-order valence-electron chi connectivity index (χ2n) is 8.88. The van der Waals surface area contributed by atoms with Gasteiger partial charge in [-0.2, -0.15) is 0 Å². The van der Waals surface area contributed by atoms with Crippen LogP contribution in [0.4, 0.5) is 5.69 Å². The molecule has 3 aromatic rings. The highest BCUT2D eigenvalue weighted by Crippen LogP contribution is 2.44. The summed E-state index contributed by atoms with van der Waals surface area (Å²) < 4.78 is 15.5. The van der Waals surface area contributed by atoms with E-state index in [0.717, 1.165) is 30.7 Å². The number of carbonyl (C=O) groups excluding carboxylic acids is 1. The molecule has 4 rings (SSSR count). The number of nitrogens with zero attached hydrogens (tertiary/aromatic N) is 1. The molecule has 0 spiro atoms. The van der Waals surface area contributed by atoms with Crippen molar-refractivity contribution in [1.82, 2.24) is 0 Å². The van der Waals surface area contributed by atoms with Crippen molar-refractivity contribution in [2.45, 2.75) is 25.3 Å². The fourth-order valence-corrected chi connectivity index (χ4v) is 4.89. The molecule has 0 amide bonds. The number of ether oxygens (including phenoxy) is 3. The van der Waals surface area contributed by atoms with Crippen molar-refractivity contribution < 1.29 is 19.0 Å². The van der Waals surface area contributed by atoms with Gasteiger partial charge in [-0.25, -0.2) is 4.79 Å². The lowest BCUT2D eigenvalue weighted by Gasteiger charge is -2.48. The number of carbonyl (C=O) groups is 1. The first kappa shape index (κ1) is 24.6. The van der Waals surface area contributed by atoms with Gasteiger partial charge in [0.05, 0.1) is 26.4 Å². The highest BCUT2D eigenvalue weighted by atomic mass is 16.5. The van der Waals surface area contributed by atoms with Gasteiger partial charge in [0.25, 0.3) is 0 Å². The lowest BCUT2D eigenvalue weighted by atomic mass is 9.76. The Morgan fingerprint density at radius 2 is 1.74 bits per heavy atom. The van der Waals surface area contributed by atoms with Crippen LogP contribution >= 0.6 is 0 Å². The molecule has 5 nitrogen and oxygen atoms in total. The number of benzene rings is 3. The molecule has 0 radical (unpaired) electrons. The topological polar surface area (TPSA) is 48.0 Å². The third-order valence-electron chi connectivity index (χ3n) is 6.91. The molecular weight excluding hydrogens is 438 g/mol. The Morgan fingerprint density at radius 3 is 2.40 bits per heavy atom. The fraction of sp³-hybridized carbons (Fsp3) is 0.300. The van der Waals surface area contributed by atoms with Crippen LogP contribution < -0.4 is 9.64 Å². The van der Waals surface area contributed by atoms with Crippen LogP contribution in [-0.4, -0.2) is 40.5 Å². The molecule has 0 saturated carbocycles. The van der Waals surface area contributed by atoms with E-state index in [2.05, 4.69) is 60.4 Å². The number of methoxy groups -OCH3 is 3. The molecule has 3 aromatic carbocycles. The van der Waals surface area contributed by atoms with Gasteiger partial charge in [-0.3, -0.25) is 0 Å². The lowest BCUT2D eigenvalue weighted by molar-refractivity contribution is -0.134. The summed E-state index contributed by atoms with van der Waals surface area (Å²) in [6.07, 6.45) is 5.05. The maximum absolute atomic E-state index is 11.5. The third kappa shape index (κ3) is 5.10. The minimum Gasteiger partial charge on any atom is -0.497 e. The van der Waals surface area contributed by atoms with Crippen molar-refractivity contribution in [2.75, 3.05) is 39.4 Å².